The van der Waals surface area contributed by atoms with Crippen molar-refractivity contribution in [3.8, 4) is 0 Å². The second-order valence-corrected chi connectivity index (χ2v) is 7.42. The number of anilines is 2. The minimum absolute atomic E-state index is 0.330. The van der Waals surface area contributed by atoms with Gasteiger partial charge in [0.15, 0.2) is 0 Å². The van der Waals surface area contributed by atoms with Gasteiger partial charge in [-0.2, -0.15) is 0 Å². The number of thiocarbonyl (C=S) groups is 1. The maximum atomic E-state index is 14.7. The van der Waals surface area contributed by atoms with Gasteiger partial charge in [0.25, 0.3) is 0 Å². The molecule has 0 spiro atoms. The number of nitrogens with one attached hydrogen (secondary N) is 1. The van der Waals surface area contributed by atoms with Gasteiger partial charge in [0, 0.05) is 32.7 Å². The lowest BCUT2D eigenvalue weighted by molar-refractivity contribution is 0.143. The van der Waals surface area contributed by atoms with Crippen LogP contribution >= 0.6 is 12.2 Å². The first kappa shape index (κ1) is 20.7. The van der Waals surface area contributed by atoms with Crippen molar-refractivity contribution in [1.82, 2.24) is 10.2 Å². The van der Waals surface area contributed by atoms with Gasteiger partial charge in [0.1, 0.15) is 18.6 Å². The molecular formula is C19H26F2N4O2S. The fourth-order valence-electron chi connectivity index (χ4n) is 3.44. The van der Waals surface area contributed by atoms with Crippen LogP contribution in [-0.2, 0) is 4.74 Å². The minimum atomic E-state index is -0.485. The second kappa shape index (κ2) is 9.47. The molecule has 1 amide bonds. The highest BCUT2D eigenvalue weighted by Crippen LogP contribution is 2.28. The van der Waals surface area contributed by atoms with Crippen molar-refractivity contribution in [2.24, 2.45) is 0 Å². The molecule has 3 rings (SSSR count). The number of hydrogen-bond acceptors (Lipinski definition) is 5. The van der Waals surface area contributed by atoms with E-state index in [-0.39, 0.29) is 18.6 Å². The van der Waals surface area contributed by atoms with Crippen molar-refractivity contribution in [1.29, 1.82) is 0 Å². The number of alkyl halides is 1. The number of ether oxygens (including phenoxy) is 1. The summed E-state index contributed by atoms with van der Waals surface area (Å²) >= 11 is 5.12. The van der Waals surface area contributed by atoms with E-state index in [0.29, 0.717) is 57.2 Å². The number of hydrogen-bond donors (Lipinski definition) is 1. The van der Waals surface area contributed by atoms with Gasteiger partial charge in [-0.25, -0.2) is 13.6 Å². The van der Waals surface area contributed by atoms with Gasteiger partial charge in [-0.3, -0.25) is 9.80 Å². The van der Waals surface area contributed by atoms with Crippen molar-refractivity contribution >= 4 is 34.7 Å². The van der Waals surface area contributed by atoms with Crippen molar-refractivity contribution in [2.45, 2.75) is 19.4 Å². The van der Waals surface area contributed by atoms with E-state index in [2.05, 4.69) is 5.32 Å². The molecule has 0 radical (unpaired) electrons. The molecule has 2 aliphatic heterocycles. The van der Waals surface area contributed by atoms with Crippen LogP contribution < -0.4 is 15.1 Å². The Morgan fingerprint density at radius 1 is 1.32 bits per heavy atom. The molecule has 154 valence electrons. The van der Waals surface area contributed by atoms with Gasteiger partial charge in [0.2, 0.25) is 0 Å². The van der Waals surface area contributed by atoms with Crippen molar-refractivity contribution in [2.75, 3.05) is 62.3 Å². The summed E-state index contributed by atoms with van der Waals surface area (Å²) in [5, 5.41) is 3.06. The molecule has 6 nitrogen and oxygen atoms in total. The molecule has 2 fully saturated rings. The Bertz CT molecular complexity index is 713. The predicted molar refractivity (Wildman–Crippen MR) is 110 cm³/mol. The third-order valence-electron chi connectivity index (χ3n) is 5.08. The van der Waals surface area contributed by atoms with Crippen LogP contribution in [0.15, 0.2) is 18.2 Å². The molecule has 1 atom stereocenters. The summed E-state index contributed by atoms with van der Waals surface area (Å²) < 4.78 is 32.5. The molecule has 28 heavy (non-hydrogen) atoms. The summed E-state index contributed by atoms with van der Waals surface area (Å²) in [6.45, 7) is 5.50. The quantitative estimate of drug-likeness (QED) is 0.695. The van der Waals surface area contributed by atoms with E-state index < -0.39 is 6.09 Å². The van der Waals surface area contributed by atoms with Crippen LogP contribution in [0.4, 0.5) is 25.0 Å². The number of benzene rings is 1. The zero-order valence-electron chi connectivity index (χ0n) is 16.0. The molecule has 0 aromatic heterocycles. The summed E-state index contributed by atoms with van der Waals surface area (Å²) in [5.41, 5.74) is 0.977. The molecular weight excluding hydrogens is 386 g/mol. The van der Waals surface area contributed by atoms with E-state index in [9.17, 15) is 13.6 Å². The van der Waals surface area contributed by atoms with Crippen molar-refractivity contribution in [3.05, 3.63) is 24.0 Å². The Balaban J connectivity index is 1.61. The molecule has 2 saturated heterocycles. The number of halogens is 2. The van der Waals surface area contributed by atoms with E-state index in [0.717, 1.165) is 11.4 Å². The van der Waals surface area contributed by atoms with E-state index in [4.69, 9.17) is 17.0 Å². The van der Waals surface area contributed by atoms with Crippen LogP contribution in [-0.4, -0.2) is 74.6 Å². The SMILES string of the molecule is CCC(=S)NCC1CN(c2ccc(N3CCN(CCF)CC3)c(F)c2)C(=O)O1. The molecule has 0 aliphatic carbocycles. The smallest absolute Gasteiger partial charge is 0.414 e. The highest BCUT2D eigenvalue weighted by molar-refractivity contribution is 7.80. The number of rotatable bonds is 7. The van der Waals surface area contributed by atoms with Gasteiger partial charge in [-0.05, 0) is 24.6 Å². The fourth-order valence-corrected chi connectivity index (χ4v) is 3.53. The lowest BCUT2D eigenvalue weighted by atomic mass is 10.2. The lowest BCUT2D eigenvalue weighted by Crippen LogP contribution is -2.47. The van der Waals surface area contributed by atoms with Gasteiger partial charge < -0.3 is 15.0 Å². The second-order valence-electron chi connectivity index (χ2n) is 6.93. The topological polar surface area (TPSA) is 48.0 Å². The number of carbonyl (C=O) groups is 1. The van der Waals surface area contributed by atoms with Crippen LogP contribution in [0.3, 0.4) is 0 Å². The van der Waals surface area contributed by atoms with Crippen molar-refractivity contribution in [3.63, 3.8) is 0 Å². The average Bonchev–Trinajstić information content (AvgIpc) is 3.07. The number of piperazine rings is 1. The molecule has 2 aliphatic rings. The molecule has 1 aromatic rings. The Kier molecular flexibility index (Phi) is 7.01. The Morgan fingerprint density at radius 2 is 2.07 bits per heavy atom. The van der Waals surface area contributed by atoms with Gasteiger partial charge in [0.05, 0.1) is 29.5 Å². The lowest BCUT2D eigenvalue weighted by Gasteiger charge is -2.35. The summed E-state index contributed by atoms with van der Waals surface area (Å²) in [6, 6.07) is 4.80. The highest BCUT2D eigenvalue weighted by Gasteiger charge is 2.33. The number of cyclic esters (lactones) is 1. The molecule has 0 bridgehead atoms. The largest absolute Gasteiger partial charge is 0.442 e. The normalized spacial score (nSPS) is 20.4. The van der Waals surface area contributed by atoms with E-state index in [1.54, 1.807) is 12.1 Å². The van der Waals surface area contributed by atoms with Crippen LogP contribution in [0.1, 0.15) is 13.3 Å². The first-order chi connectivity index (χ1) is 13.5. The summed E-state index contributed by atoms with van der Waals surface area (Å²) in [6.07, 6.45) is -0.0847. The van der Waals surface area contributed by atoms with Gasteiger partial charge >= 0.3 is 6.09 Å². The predicted octanol–water partition coefficient (Wildman–Crippen LogP) is 2.57. The molecule has 0 saturated carbocycles. The minimum Gasteiger partial charge on any atom is -0.442 e. The van der Waals surface area contributed by atoms with Gasteiger partial charge in [-0.15, -0.1) is 0 Å². The molecule has 1 aromatic carbocycles. The van der Waals surface area contributed by atoms with E-state index in [1.807, 2.05) is 16.7 Å². The maximum absolute atomic E-state index is 14.7. The highest BCUT2D eigenvalue weighted by atomic mass is 32.1. The van der Waals surface area contributed by atoms with Gasteiger partial charge in [-0.1, -0.05) is 19.1 Å². The number of nitrogens with zero attached hydrogens (tertiary/aromatic N) is 3. The monoisotopic (exact) mass is 412 g/mol. The standard InChI is InChI=1S/C19H26F2N4O2S/c1-2-18(28)22-12-15-13-25(19(26)27-15)14-3-4-17(16(21)11-14)24-9-7-23(6-5-20)8-10-24/h3-4,11,15H,2,5-10,12-13H2,1H3,(H,22,28). The third kappa shape index (κ3) is 4.88. The van der Waals surface area contributed by atoms with E-state index in [1.165, 1.54) is 11.0 Å². The maximum Gasteiger partial charge on any atom is 0.414 e. The number of carbonyl (C=O) groups excluding carboxylic acids is 1. The first-order valence-electron chi connectivity index (χ1n) is 9.59. The molecule has 1 unspecified atom stereocenters. The molecule has 1 N–H and O–H groups in total. The number of amides is 1. The third-order valence-corrected chi connectivity index (χ3v) is 5.51. The first-order valence-corrected chi connectivity index (χ1v) is 10.00. The van der Waals surface area contributed by atoms with E-state index >= 15 is 0 Å². The van der Waals surface area contributed by atoms with Crippen LogP contribution in [0.25, 0.3) is 0 Å². The Morgan fingerprint density at radius 3 is 2.71 bits per heavy atom. The average molecular weight is 413 g/mol. The van der Waals surface area contributed by atoms with Crippen LogP contribution in [0.5, 0.6) is 0 Å². The Labute approximate surface area is 169 Å². The zero-order chi connectivity index (χ0) is 20.1. The zero-order valence-corrected chi connectivity index (χ0v) is 16.8. The summed E-state index contributed by atoms with van der Waals surface area (Å²) in [5.74, 6) is -0.377. The fraction of sp³-hybridized carbons (Fsp3) is 0.579. The van der Waals surface area contributed by atoms with Crippen LogP contribution in [0, 0.1) is 5.82 Å². The molecule has 2 heterocycles. The Hall–Kier alpha value is -2.00. The molecule has 9 heteroatoms. The van der Waals surface area contributed by atoms with Crippen LogP contribution in [0.2, 0.25) is 0 Å². The summed E-state index contributed by atoms with van der Waals surface area (Å²) in [4.78, 5) is 18.3. The van der Waals surface area contributed by atoms with Crippen molar-refractivity contribution < 1.29 is 18.3 Å². The summed E-state index contributed by atoms with van der Waals surface area (Å²) in [7, 11) is 0.